The molecule has 0 aliphatic heterocycles. The molecular weight excluding hydrogens is 293 g/mol. The maximum absolute atomic E-state index is 10.8. The number of alkyl halides is 1. The van der Waals surface area contributed by atoms with Gasteiger partial charge in [0, 0.05) is 16.4 Å². The molecule has 0 N–H and O–H groups in total. The Balaban J connectivity index is 3.24. The zero-order valence-corrected chi connectivity index (χ0v) is 11.1. The molecule has 3 nitrogen and oxygen atoms in total. The second-order valence-electron chi connectivity index (χ2n) is 3.25. The van der Waals surface area contributed by atoms with Crippen molar-refractivity contribution in [2.45, 2.75) is 13.3 Å². The zero-order valence-electron chi connectivity index (χ0n) is 8.74. The van der Waals surface area contributed by atoms with Crippen LogP contribution in [0.5, 0.6) is 0 Å². The predicted octanol–water partition coefficient (Wildman–Crippen LogP) is 4.44. The van der Waals surface area contributed by atoms with E-state index < -0.39 is 4.92 Å². The summed E-state index contributed by atoms with van der Waals surface area (Å²) in [4.78, 5) is 10.4. The lowest BCUT2D eigenvalue weighted by atomic mass is 10.1. The number of hydrogen-bond donors (Lipinski definition) is 0. The molecule has 0 aliphatic carbocycles. The molecule has 0 heterocycles. The minimum absolute atomic E-state index is 0.0799. The number of nitro benzene ring substituents is 1. The number of rotatable bonds is 4. The first-order chi connectivity index (χ1) is 7.58. The van der Waals surface area contributed by atoms with Gasteiger partial charge < -0.3 is 0 Å². The molecule has 0 fully saturated rings. The number of nitro groups is 1. The fraction of sp³-hybridized carbons (Fsp3) is 0.273. The first kappa shape index (κ1) is 13.2. The van der Waals surface area contributed by atoms with Crippen LogP contribution < -0.4 is 0 Å². The molecule has 0 bridgehead atoms. The average molecular weight is 305 g/mol. The summed E-state index contributed by atoms with van der Waals surface area (Å²) in [5.41, 5.74) is 1.72. The second-order valence-corrected chi connectivity index (χ2v) is 4.25. The molecule has 0 unspecified atom stereocenters. The van der Waals surface area contributed by atoms with E-state index in [1.165, 1.54) is 12.1 Å². The Hall–Kier alpha value is -0.870. The molecule has 0 saturated heterocycles. The van der Waals surface area contributed by atoms with Gasteiger partial charge in [0.05, 0.1) is 10.5 Å². The van der Waals surface area contributed by atoms with Gasteiger partial charge >= 0.3 is 0 Å². The van der Waals surface area contributed by atoms with Crippen LogP contribution in [0.4, 0.5) is 5.69 Å². The summed E-state index contributed by atoms with van der Waals surface area (Å²) < 4.78 is 0. The number of nitrogens with zero attached hydrogens (tertiary/aromatic N) is 1. The van der Waals surface area contributed by atoms with Crippen LogP contribution in [0.2, 0.25) is 5.02 Å². The third kappa shape index (κ3) is 3.32. The van der Waals surface area contributed by atoms with Crippen molar-refractivity contribution in [1.82, 2.24) is 0 Å². The van der Waals surface area contributed by atoms with E-state index in [0.29, 0.717) is 15.9 Å². The van der Waals surface area contributed by atoms with Crippen LogP contribution >= 0.6 is 27.5 Å². The van der Waals surface area contributed by atoms with Gasteiger partial charge in [-0.25, -0.2) is 0 Å². The Labute approximate surface area is 107 Å². The third-order valence-corrected chi connectivity index (χ3v) is 3.13. The molecule has 86 valence electrons. The highest BCUT2D eigenvalue weighted by molar-refractivity contribution is 9.09. The minimum Gasteiger partial charge on any atom is -0.258 e. The minimum atomic E-state index is -0.399. The molecule has 0 saturated carbocycles. The lowest BCUT2D eigenvalue weighted by molar-refractivity contribution is -0.385. The van der Waals surface area contributed by atoms with Gasteiger partial charge in [0.1, 0.15) is 0 Å². The molecule has 0 atom stereocenters. The van der Waals surface area contributed by atoms with Crippen molar-refractivity contribution in [3.05, 3.63) is 44.5 Å². The second kappa shape index (κ2) is 6.01. The molecule has 5 heteroatoms. The fourth-order valence-corrected chi connectivity index (χ4v) is 2.00. The lowest BCUT2D eigenvalue weighted by Crippen LogP contribution is -1.92. The molecular formula is C11H11BrClNO2. The van der Waals surface area contributed by atoms with Crippen molar-refractivity contribution in [1.29, 1.82) is 0 Å². The highest BCUT2D eigenvalue weighted by Gasteiger charge is 2.12. The van der Waals surface area contributed by atoms with E-state index in [2.05, 4.69) is 15.9 Å². The van der Waals surface area contributed by atoms with Crippen LogP contribution in [0.3, 0.4) is 0 Å². The van der Waals surface area contributed by atoms with Crippen molar-refractivity contribution >= 4 is 39.3 Å². The summed E-state index contributed by atoms with van der Waals surface area (Å²) in [5.74, 6) is 0. The first-order valence-electron chi connectivity index (χ1n) is 4.77. The molecule has 0 aliphatic rings. The number of benzene rings is 1. The highest BCUT2D eigenvalue weighted by atomic mass is 79.9. The predicted molar refractivity (Wildman–Crippen MR) is 70.2 cm³/mol. The standard InChI is InChI=1S/C11H11BrClNO2/c1-2-8(7-12)5-9-6-10(13)3-4-11(9)14(15)16/h3-6H,2,7H2,1H3/b8-5-. The third-order valence-electron chi connectivity index (χ3n) is 2.17. The zero-order chi connectivity index (χ0) is 12.1. The monoisotopic (exact) mass is 303 g/mol. The van der Waals surface area contributed by atoms with Crippen LogP contribution in [0.25, 0.3) is 6.08 Å². The summed E-state index contributed by atoms with van der Waals surface area (Å²) in [6.07, 6.45) is 2.65. The van der Waals surface area contributed by atoms with Gasteiger partial charge in [0.15, 0.2) is 0 Å². The lowest BCUT2D eigenvalue weighted by Gasteiger charge is -2.02. The van der Waals surface area contributed by atoms with Crippen LogP contribution in [-0.4, -0.2) is 10.3 Å². The SMILES string of the molecule is CC/C(=C/c1cc(Cl)ccc1[N+](=O)[O-])CBr. The summed E-state index contributed by atoms with van der Waals surface area (Å²) in [5, 5.41) is 12.0. The number of allylic oxidation sites excluding steroid dienone is 1. The normalized spacial score (nSPS) is 11.6. The van der Waals surface area contributed by atoms with Crippen LogP contribution in [0, 0.1) is 10.1 Å². The molecule has 1 aromatic carbocycles. The van der Waals surface area contributed by atoms with E-state index in [1.54, 1.807) is 12.1 Å². The van der Waals surface area contributed by atoms with Gasteiger partial charge in [-0.15, -0.1) is 0 Å². The highest BCUT2D eigenvalue weighted by Crippen LogP contribution is 2.25. The van der Waals surface area contributed by atoms with Crippen molar-refractivity contribution < 1.29 is 4.92 Å². The van der Waals surface area contributed by atoms with Crippen molar-refractivity contribution in [2.24, 2.45) is 0 Å². The Morgan fingerprint density at radius 1 is 1.62 bits per heavy atom. The smallest absolute Gasteiger partial charge is 0.258 e. The molecule has 16 heavy (non-hydrogen) atoms. The number of hydrogen-bond acceptors (Lipinski definition) is 2. The van der Waals surface area contributed by atoms with Crippen LogP contribution in [0.1, 0.15) is 18.9 Å². The first-order valence-corrected chi connectivity index (χ1v) is 6.27. The van der Waals surface area contributed by atoms with E-state index in [9.17, 15) is 10.1 Å². The maximum atomic E-state index is 10.8. The summed E-state index contributed by atoms with van der Waals surface area (Å²) in [6, 6.07) is 4.56. The Morgan fingerprint density at radius 3 is 2.81 bits per heavy atom. The van der Waals surface area contributed by atoms with E-state index in [0.717, 1.165) is 12.0 Å². The largest absolute Gasteiger partial charge is 0.276 e. The molecule has 1 rings (SSSR count). The quantitative estimate of drug-likeness (QED) is 0.469. The molecule has 0 amide bonds. The number of halogens is 2. The van der Waals surface area contributed by atoms with E-state index in [4.69, 9.17) is 11.6 Å². The molecule has 0 radical (unpaired) electrons. The Bertz CT molecular complexity index is 426. The van der Waals surface area contributed by atoms with Gasteiger partial charge in [-0.05, 0) is 24.6 Å². The summed E-state index contributed by atoms with van der Waals surface area (Å²) in [7, 11) is 0. The topological polar surface area (TPSA) is 43.1 Å². The van der Waals surface area contributed by atoms with Gasteiger partial charge in [-0.2, -0.15) is 0 Å². The van der Waals surface area contributed by atoms with Gasteiger partial charge in [0.25, 0.3) is 5.69 Å². The van der Waals surface area contributed by atoms with Gasteiger partial charge in [0.2, 0.25) is 0 Å². The average Bonchev–Trinajstić information content (AvgIpc) is 2.25. The molecule has 1 aromatic rings. The molecule has 0 spiro atoms. The van der Waals surface area contributed by atoms with Crippen molar-refractivity contribution in [3.8, 4) is 0 Å². The Kier molecular flexibility index (Phi) is 4.96. The Morgan fingerprint density at radius 2 is 2.31 bits per heavy atom. The van der Waals surface area contributed by atoms with Crippen LogP contribution in [-0.2, 0) is 0 Å². The van der Waals surface area contributed by atoms with Crippen molar-refractivity contribution in [3.63, 3.8) is 0 Å². The summed E-state index contributed by atoms with van der Waals surface area (Å²) >= 11 is 9.17. The van der Waals surface area contributed by atoms with Gasteiger partial charge in [-0.1, -0.05) is 40.0 Å². The summed E-state index contributed by atoms with van der Waals surface area (Å²) in [6.45, 7) is 2.00. The molecule has 0 aromatic heterocycles. The van der Waals surface area contributed by atoms with E-state index in [1.807, 2.05) is 6.92 Å². The van der Waals surface area contributed by atoms with Gasteiger partial charge in [-0.3, -0.25) is 10.1 Å². The maximum Gasteiger partial charge on any atom is 0.276 e. The van der Waals surface area contributed by atoms with E-state index in [-0.39, 0.29) is 5.69 Å². The van der Waals surface area contributed by atoms with Crippen molar-refractivity contribution in [2.75, 3.05) is 5.33 Å². The van der Waals surface area contributed by atoms with Crippen LogP contribution in [0.15, 0.2) is 23.8 Å². The fourth-order valence-electron chi connectivity index (χ4n) is 1.26. The van der Waals surface area contributed by atoms with E-state index >= 15 is 0 Å².